The lowest BCUT2D eigenvalue weighted by atomic mass is 9.89. The van der Waals surface area contributed by atoms with Gasteiger partial charge in [0.2, 0.25) is 0 Å². The first kappa shape index (κ1) is 18.6. The fourth-order valence-electron chi connectivity index (χ4n) is 2.22. The first-order valence-corrected chi connectivity index (χ1v) is 9.40. The van der Waals surface area contributed by atoms with Crippen molar-refractivity contribution in [1.82, 2.24) is 10.6 Å². The summed E-state index contributed by atoms with van der Waals surface area (Å²) in [5.74, 6) is 0.850. The molecule has 23 heavy (non-hydrogen) atoms. The van der Waals surface area contributed by atoms with E-state index in [-0.39, 0.29) is 10.2 Å². The predicted molar refractivity (Wildman–Crippen MR) is 102 cm³/mol. The minimum absolute atomic E-state index is 0.0644. The van der Waals surface area contributed by atoms with Gasteiger partial charge in [-0.2, -0.15) is 0 Å². The third kappa shape index (κ3) is 6.01. The quantitative estimate of drug-likeness (QED) is 0.436. The lowest BCUT2D eigenvalue weighted by Gasteiger charge is -2.38. The first-order chi connectivity index (χ1) is 10.8. The van der Waals surface area contributed by atoms with E-state index in [2.05, 4.69) is 76.6 Å². The van der Waals surface area contributed by atoms with Gasteiger partial charge in [-0.05, 0) is 38.1 Å². The van der Waals surface area contributed by atoms with Gasteiger partial charge in [-0.25, -0.2) is 0 Å². The van der Waals surface area contributed by atoms with Crippen LogP contribution >= 0.6 is 27.7 Å². The number of hydrogen-bond donors (Lipinski definition) is 2. The second-order valence-electron chi connectivity index (χ2n) is 6.90. The molecule has 0 spiro atoms. The van der Waals surface area contributed by atoms with Crippen LogP contribution in [0.25, 0.3) is 0 Å². The summed E-state index contributed by atoms with van der Waals surface area (Å²) in [4.78, 5) is 5.58. The summed E-state index contributed by atoms with van der Waals surface area (Å²) in [6.45, 7) is 10.1. The summed E-state index contributed by atoms with van der Waals surface area (Å²) in [6.07, 6.45) is 0. The second-order valence-corrected chi connectivity index (χ2v) is 9.59. The number of nitrogens with zero attached hydrogens (tertiary/aromatic N) is 1. The smallest absolute Gasteiger partial charge is 0.191 e. The molecule has 1 aliphatic heterocycles. The van der Waals surface area contributed by atoms with E-state index in [1.165, 1.54) is 4.90 Å². The van der Waals surface area contributed by atoms with Crippen LogP contribution in [0.3, 0.4) is 0 Å². The average Bonchev–Trinajstić information content (AvgIpc) is 2.47. The van der Waals surface area contributed by atoms with Crippen LogP contribution in [0.15, 0.2) is 38.6 Å². The molecule has 0 atom stereocenters. The summed E-state index contributed by atoms with van der Waals surface area (Å²) in [7, 11) is 1.81. The molecule has 4 nitrogen and oxygen atoms in total. The molecule has 0 saturated carbocycles. The Labute approximate surface area is 152 Å². The molecule has 0 bridgehead atoms. The lowest BCUT2D eigenvalue weighted by molar-refractivity contribution is -0.0971. The standard InChI is InChI=1S/C17H26BrN3OS/c1-16(2,23-14-7-5-13(18)6-8-14)9-20-15(19-4)21-10-17(3)11-22-12-17/h5-8H,9-12H2,1-4H3,(H2,19,20,21). The van der Waals surface area contributed by atoms with Gasteiger partial charge in [0.15, 0.2) is 5.96 Å². The molecule has 1 aliphatic rings. The van der Waals surface area contributed by atoms with Crippen LogP contribution < -0.4 is 10.6 Å². The molecular weight excluding hydrogens is 374 g/mol. The Hall–Kier alpha value is -0.720. The molecule has 0 radical (unpaired) electrons. The van der Waals surface area contributed by atoms with Gasteiger partial charge in [0.1, 0.15) is 0 Å². The zero-order valence-electron chi connectivity index (χ0n) is 14.3. The third-order valence-electron chi connectivity index (χ3n) is 3.70. The minimum atomic E-state index is 0.0644. The molecular formula is C17H26BrN3OS. The number of hydrogen-bond acceptors (Lipinski definition) is 3. The number of ether oxygens (including phenoxy) is 1. The Kier molecular flexibility index (Phi) is 6.40. The van der Waals surface area contributed by atoms with Crippen molar-refractivity contribution in [3.05, 3.63) is 28.7 Å². The van der Waals surface area contributed by atoms with E-state index in [0.29, 0.717) is 0 Å². The van der Waals surface area contributed by atoms with Crippen molar-refractivity contribution in [2.24, 2.45) is 10.4 Å². The Morgan fingerprint density at radius 1 is 1.30 bits per heavy atom. The largest absolute Gasteiger partial charge is 0.380 e. The van der Waals surface area contributed by atoms with Gasteiger partial charge in [0, 0.05) is 39.7 Å². The van der Waals surface area contributed by atoms with Crippen LogP contribution in [0.1, 0.15) is 20.8 Å². The van der Waals surface area contributed by atoms with Crippen molar-refractivity contribution in [2.45, 2.75) is 30.4 Å². The molecule has 1 aromatic rings. The van der Waals surface area contributed by atoms with Crippen LogP contribution in [0.2, 0.25) is 0 Å². The molecule has 2 N–H and O–H groups in total. The van der Waals surface area contributed by atoms with Gasteiger partial charge >= 0.3 is 0 Å². The van der Waals surface area contributed by atoms with Crippen molar-refractivity contribution in [3.63, 3.8) is 0 Å². The van der Waals surface area contributed by atoms with Crippen LogP contribution in [0, 0.1) is 5.41 Å². The molecule has 1 fully saturated rings. The average molecular weight is 400 g/mol. The van der Waals surface area contributed by atoms with Crippen LogP contribution in [0.4, 0.5) is 0 Å². The lowest BCUT2D eigenvalue weighted by Crippen LogP contribution is -2.52. The van der Waals surface area contributed by atoms with E-state index in [0.717, 1.165) is 36.7 Å². The van der Waals surface area contributed by atoms with Gasteiger partial charge in [0.05, 0.1) is 13.2 Å². The molecule has 0 unspecified atom stereocenters. The minimum Gasteiger partial charge on any atom is -0.380 e. The normalized spacial score (nSPS) is 17.5. The van der Waals surface area contributed by atoms with E-state index >= 15 is 0 Å². The van der Waals surface area contributed by atoms with Crippen molar-refractivity contribution < 1.29 is 4.74 Å². The molecule has 128 valence electrons. The van der Waals surface area contributed by atoms with E-state index in [1.54, 1.807) is 0 Å². The topological polar surface area (TPSA) is 45.7 Å². The maximum atomic E-state index is 5.29. The maximum Gasteiger partial charge on any atom is 0.191 e. The second kappa shape index (κ2) is 7.90. The highest BCUT2D eigenvalue weighted by molar-refractivity contribution is 9.10. The monoisotopic (exact) mass is 399 g/mol. The van der Waals surface area contributed by atoms with E-state index < -0.39 is 0 Å². The van der Waals surface area contributed by atoms with Gasteiger partial charge in [-0.1, -0.05) is 22.9 Å². The van der Waals surface area contributed by atoms with Gasteiger partial charge in [-0.3, -0.25) is 4.99 Å². The molecule has 6 heteroatoms. The number of benzene rings is 1. The van der Waals surface area contributed by atoms with Crippen molar-refractivity contribution >= 4 is 33.7 Å². The molecule has 1 heterocycles. The predicted octanol–water partition coefficient (Wildman–Crippen LogP) is 3.52. The summed E-state index contributed by atoms with van der Waals surface area (Å²) in [5, 5.41) is 6.83. The molecule has 0 aliphatic carbocycles. The Balaban J connectivity index is 1.80. The Morgan fingerprint density at radius 3 is 2.48 bits per heavy atom. The molecule has 2 rings (SSSR count). The number of rotatable bonds is 6. The van der Waals surface area contributed by atoms with Gasteiger partial charge < -0.3 is 15.4 Å². The number of nitrogens with one attached hydrogen (secondary N) is 2. The van der Waals surface area contributed by atoms with Gasteiger partial charge in [-0.15, -0.1) is 11.8 Å². The summed E-state index contributed by atoms with van der Waals surface area (Å²) < 4.78 is 6.46. The van der Waals surface area contributed by atoms with Crippen LogP contribution in [-0.2, 0) is 4.74 Å². The first-order valence-electron chi connectivity index (χ1n) is 7.79. The van der Waals surface area contributed by atoms with Crippen LogP contribution in [-0.4, -0.2) is 44.1 Å². The van der Waals surface area contributed by atoms with E-state index in [9.17, 15) is 0 Å². The molecule has 0 amide bonds. The Bertz CT molecular complexity index is 541. The van der Waals surface area contributed by atoms with E-state index in [4.69, 9.17) is 4.74 Å². The zero-order chi connectivity index (χ0) is 16.9. The van der Waals surface area contributed by atoms with Crippen molar-refractivity contribution in [1.29, 1.82) is 0 Å². The zero-order valence-corrected chi connectivity index (χ0v) is 16.7. The number of halogens is 1. The van der Waals surface area contributed by atoms with Crippen molar-refractivity contribution in [3.8, 4) is 0 Å². The number of thioether (sulfide) groups is 1. The Morgan fingerprint density at radius 2 is 1.96 bits per heavy atom. The molecule has 0 aromatic heterocycles. The van der Waals surface area contributed by atoms with E-state index in [1.807, 2.05) is 18.8 Å². The van der Waals surface area contributed by atoms with Crippen molar-refractivity contribution in [2.75, 3.05) is 33.4 Å². The third-order valence-corrected chi connectivity index (χ3v) is 5.43. The summed E-state index contributed by atoms with van der Waals surface area (Å²) in [6, 6.07) is 8.43. The fourth-order valence-corrected chi connectivity index (χ4v) is 3.54. The number of aliphatic imine (C=N–C) groups is 1. The highest BCUT2D eigenvalue weighted by Gasteiger charge is 2.33. The summed E-state index contributed by atoms with van der Waals surface area (Å²) >= 11 is 5.33. The van der Waals surface area contributed by atoms with Gasteiger partial charge in [0.25, 0.3) is 0 Å². The fraction of sp³-hybridized carbons (Fsp3) is 0.588. The highest BCUT2D eigenvalue weighted by Crippen LogP contribution is 2.32. The number of guanidine groups is 1. The maximum absolute atomic E-state index is 5.29. The summed E-state index contributed by atoms with van der Waals surface area (Å²) in [5.41, 5.74) is 0.235. The SMILES string of the molecule is CN=C(NCC1(C)COC1)NCC(C)(C)Sc1ccc(Br)cc1. The highest BCUT2D eigenvalue weighted by atomic mass is 79.9. The van der Waals surface area contributed by atoms with Crippen LogP contribution in [0.5, 0.6) is 0 Å². The molecule has 1 saturated heterocycles. The molecule has 1 aromatic carbocycles.